The summed E-state index contributed by atoms with van der Waals surface area (Å²) in [5, 5.41) is 0. The molecule has 106 valence electrons. The van der Waals surface area contributed by atoms with Crippen LogP contribution in [0.2, 0.25) is 0 Å². The van der Waals surface area contributed by atoms with E-state index in [2.05, 4.69) is 23.9 Å². The normalized spacial score (nSPS) is 15.1. The minimum Gasteiger partial charge on any atom is -0.351 e. The Morgan fingerprint density at radius 3 is 1.12 bits per heavy atom. The molecule has 17 heavy (non-hydrogen) atoms. The molecule has 1 aliphatic heterocycles. The van der Waals surface area contributed by atoms with E-state index in [1.54, 1.807) is 14.1 Å². The van der Waals surface area contributed by atoms with Crippen LogP contribution in [0.25, 0.3) is 0 Å². The first kappa shape index (κ1) is 21.7. The monoisotopic (exact) mass is 247 g/mol. The van der Waals surface area contributed by atoms with Gasteiger partial charge in [-0.2, -0.15) is 0 Å². The first-order chi connectivity index (χ1) is 8.06. The molecule has 0 bridgehead atoms. The second kappa shape index (κ2) is 17.8. The fourth-order valence-corrected chi connectivity index (χ4v) is 0.906. The third-order valence-corrected chi connectivity index (χ3v) is 1.94. The first-order valence-electron chi connectivity index (χ1n) is 6.55. The van der Waals surface area contributed by atoms with E-state index < -0.39 is 0 Å². The average Bonchev–Trinajstić information content (AvgIpc) is 2.38. The average molecular weight is 247 g/mol. The van der Waals surface area contributed by atoms with Crippen LogP contribution < -0.4 is 0 Å². The second-order valence-corrected chi connectivity index (χ2v) is 3.68. The van der Waals surface area contributed by atoms with Gasteiger partial charge in [0.1, 0.15) is 0 Å². The zero-order valence-electron chi connectivity index (χ0n) is 13.2. The molecule has 0 aliphatic carbocycles. The predicted octanol–water partition coefficient (Wildman–Crippen LogP) is 1.62. The number of rotatable bonds is 1. The van der Waals surface area contributed by atoms with Gasteiger partial charge in [-0.25, -0.2) is 0 Å². The summed E-state index contributed by atoms with van der Waals surface area (Å²) in [6.07, 6.45) is 0.750. The Balaban J connectivity index is -0.000000190. The largest absolute Gasteiger partial charge is 0.351 e. The smallest absolute Gasteiger partial charge is 0.209 e. The minimum absolute atomic E-state index is 0.750. The number of nitrogens with zero attached hydrogens (tertiary/aromatic N) is 3. The van der Waals surface area contributed by atoms with Crippen LogP contribution in [0.3, 0.4) is 0 Å². The van der Waals surface area contributed by atoms with E-state index in [4.69, 9.17) is 0 Å². The highest BCUT2D eigenvalue weighted by Gasteiger charge is 2.07. The van der Waals surface area contributed by atoms with Crippen molar-refractivity contribution in [1.29, 1.82) is 0 Å². The molecule has 0 aromatic heterocycles. The lowest BCUT2D eigenvalue weighted by atomic mass is 10.4. The number of piperazine rings is 1. The van der Waals surface area contributed by atoms with Gasteiger partial charge in [-0.1, -0.05) is 27.7 Å². The molecule has 1 fully saturated rings. The fourth-order valence-electron chi connectivity index (χ4n) is 0.906. The van der Waals surface area contributed by atoms with E-state index in [0.717, 1.165) is 6.41 Å². The van der Waals surface area contributed by atoms with Gasteiger partial charge in [-0.05, 0) is 14.1 Å². The maximum atomic E-state index is 9.43. The summed E-state index contributed by atoms with van der Waals surface area (Å²) in [7, 11) is 7.72. The summed E-state index contributed by atoms with van der Waals surface area (Å²) in [5.41, 5.74) is 0. The fraction of sp³-hybridized carbons (Fsp3) is 0.923. The molecule has 0 atom stereocenters. The number of likely N-dealkylation sites (N-methyl/N-ethyl adjacent to an activating group) is 2. The van der Waals surface area contributed by atoms with Crippen molar-refractivity contribution in [1.82, 2.24) is 14.7 Å². The van der Waals surface area contributed by atoms with Crippen molar-refractivity contribution in [2.24, 2.45) is 0 Å². The Morgan fingerprint density at radius 2 is 1.00 bits per heavy atom. The molecule has 0 N–H and O–H groups in total. The molecule has 0 radical (unpaired) electrons. The summed E-state index contributed by atoms with van der Waals surface area (Å²) in [5.74, 6) is 0. The van der Waals surface area contributed by atoms with Crippen LogP contribution in [0.5, 0.6) is 0 Å². The molecule has 0 aromatic carbocycles. The lowest BCUT2D eigenvalue weighted by Gasteiger charge is -2.28. The van der Waals surface area contributed by atoms with Crippen LogP contribution in [0.4, 0.5) is 0 Å². The summed E-state index contributed by atoms with van der Waals surface area (Å²) >= 11 is 0. The number of carbonyl (C=O) groups is 1. The molecule has 0 aromatic rings. The van der Waals surface area contributed by atoms with Gasteiger partial charge in [0.05, 0.1) is 0 Å². The molecule has 0 saturated carbocycles. The Labute approximate surface area is 109 Å². The maximum Gasteiger partial charge on any atom is 0.209 e. The molecule has 1 amide bonds. The van der Waals surface area contributed by atoms with Crippen LogP contribution in [0, 0.1) is 0 Å². The lowest BCUT2D eigenvalue weighted by molar-refractivity contribution is -0.115. The van der Waals surface area contributed by atoms with Crippen LogP contribution >= 0.6 is 0 Å². The molecule has 4 nitrogen and oxygen atoms in total. The summed E-state index contributed by atoms with van der Waals surface area (Å²) in [4.78, 5) is 15.6. The van der Waals surface area contributed by atoms with Crippen LogP contribution in [-0.2, 0) is 4.79 Å². The third kappa shape index (κ3) is 21.3. The van der Waals surface area contributed by atoms with Crippen molar-refractivity contribution >= 4 is 6.41 Å². The van der Waals surface area contributed by atoms with Crippen LogP contribution in [0.1, 0.15) is 27.7 Å². The van der Waals surface area contributed by atoms with E-state index in [0.29, 0.717) is 0 Å². The Kier molecular flexibility index (Phi) is 22.6. The quantitative estimate of drug-likeness (QED) is 0.659. The summed E-state index contributed by atoms with van der Waals surface area (Å²) in [6.45, 7) is 12.9. The molecular formula is C13H33N3O. The van der Waals surface area contributed by atoms with Crippen LogP contribution in [0.15, 0.2) is 0 Å². The molecule has 4 heteroatoms. The number of hydrogen-bond acceptors (Lipinski definition) is 3. The van der Waals surface area contributed by atoms with Gasteiger partial charge in [-0.3, -0.25) is 4.79 Å². The maximum absolute atomic E-state index is 9.43. The standard InChI is InChI=1S/C6H14N2.C3H7NO.2C2H6/c1-7-3-5-8(2)6-4-7;1-4(2)3-5;2*1-2/h3-6H2,1-2H3;3H,1-2H3;2*1-2H3. The summed E-state index contributed by atoms with van der Waals surface area (Å²) < 4.78 is 0. The van der Waals surface area contributed by atoms with E-state index in [1.807, 2.05) is 27.7 Å². The topological polar surface area (TPSA) is 26.8 Å². The SMILES string of the molecule is CC.CC.CN(C)C=O.CN1CCN(C)CC1. The zero-order chi connectivity index (χ0) is 14.3. The van der Waals surface area contributed by atoms with E-state index >= 15 is 0 Å². The highest BCUT2D eigenvalue weighted by Crippen LogP contribution is 1.93. The van der Waals surface area contributed by atoms with Crippen molar-refractivity contribution in [2.45, 2.75) is 27.7 Å². The van der Waals surface area contributed by atoms with Gasteiger partial charge < -0.3 is 14.7 Å². The van der Waals surface area contributed by atoms with E-state index in [9.17, 15) is 4.79 Å². The van der Waals surface area contributed by atoms with Crippen molar-refractivity contribution < 1.29 is 4.79 Å². The van der Waals surface area contributed by atoms with Gasteiger partial charge >= 0.3 is 0 Å². The van der Waals surface area contributed by atoms with Gasteiger partial charge in [-0.15, -0.1) is 0 Å². The second-order valence-electron chi connectivity index (χ2n) is 3.68. The van der Waals surface area contributed by atoms with Crippen molar-refractivity contribution in [3.05, 3.63) is 0 Å². The summed E-state index contributed by atoms with van der Waals surface area (Å²) in [6, 6.07) is 0. The minimum atomic E-state index is 0.750. The molecule has 1 heterocycles. The van der Waals surface area contributed by atoms with Crippen molar-refractivity contribution in [3.8, 4) is 0 Å². The number of carbonyl (C=O) groups excluding carboxylic acids is 1. The van der Waals surface area contributed by atoms with E-state index in [-0.39, 0.29) is 0 Å². The molecule has 1 saturated heterocycles. The third-order valence-electron chi connectivity index (χ3n) is 1.94. The Morgan fingerprint density at radius 1 is 0.824 bits per heavy atom. The zero-order valence-corrected chi connectivity index (χ0v) is 13.2. The van der Waals surface area contributed by atoms with Crippen molar-refractivity contribution in [3.63, 3.8) is 0 Å². The van der Waals surface area contributed by atoms with Crippen LogP contribution in [-0.4, -0.2) is 75.5 Å². The first-order valence-corrected chi connectivity index (χ1v) is 6.55. The molecule has 0 spiro atoms. The molecule has 0 unspecified atom stereocenters. The number of hydrogen-bond donors (Lipinski definition) is 0. The predicted molar refractivity (Wildman–Crippen MR) is 77.4 cm³/mol. The van der Waals surface area contributed by atoms with Gasteiger partial charge in [0.25, 0.3) is 0 Å². The van der Waals surface area contributed by atoms with Gasteiger partial charge in [0, 0.05) is 40.3 Å². The van der Waals surface area contributed by atoms with Gasteiger partial charge in [0.2, 0.25) is 6.41 Å². The molecule has 1 rings (SSSR count). The molecular weight excluding hydrogens is 214 g/mol. The van der Waals surface area contributed by atoms with E-state index in [1.165, 1.54) is 31.1 Å². The number of amides is 1. The van der Waals surface area contributed by atoms with Crippen molar-refractivity contribution in [2.75, 3.05) is 54.4 Å². The highest BCUT2D eigenvalue weighted by atomic mass is 16.1. The Bertz CT molecular complexity index is 123. The highest BCUT2D eigenvalue weighted by molar-refractivity contribution is 5.45. The lowest BCUT2D eigenvalue weighted by Crippen LogP contribution is -2.42. The molecule has 1 aliphatic rings. The van der Waals surface area contributed by atoms with Gasteiger partial charge in [0.15, 0.2) is 0 Å². The Hall–Kier alpha value is -0.610.